The highest BCUT2D eigenvalue weighted by molar-refractivity contribution is 7.80. The molecule has 86 valence electrons. The normalized spacial score (nSPS) is 9.88. The van der Waals surface area contributed by atoms with Gasteiger partial charge in [0, 0.05) is 5.69 Å². The van der Waals surface area contributed by atoms with Crippen LogP contribution < -0.4 is 5.32 Å². The van der Waals surface area contributed by atoms with Crippen LogP contribution in [0.25, 0.3) is 0 Å². The lowest BCUT2D eigenvalue weighted by Crippen LogP contribution is -2.06. The third-order valence-corrected chi connectivity index (χ3v) is 1.89. The molecule has 0 aliphatic rings. The molecule has 0 radical (unpaired) electrons. The van der Waals surface area contributed by atoms with Crippen molar-refractivity contribution in [3.05, 3.63) is 29.3 Å². The fraction of sp³-hybridized carbons (Fsp3) is 0.200. The molecular formula is C10H11NO4S. The number of thiocarbonyl (C=S) groups is 1. The summed E-state index contributed by atoms with van der Waals surface area (Å²) in [7, 11) is 0. The molecule has 0 saturated carbocycles. The maximum absolute atomic E-state index is 10.8. The second-order valence-electron chi connectivity index (χ2n) is 3.18. The Morgan fingerprint density at radius 3 is 2.69 bits per heavy atom. The van der Waals surface area contributed by atoms with Crippen LogP contribution in [-0.2, 0) is 11.5 Å². The molecule has 0 spiro atoms. The first-order valence-corrected chi connectivity index (χ1v) is 4.85. The van der Waals surface area contributed by atoms with Crippen molar-refractivity contribution >= 4 is 28.9 Å². The van der Waals surface area contributed by atoms with Gasteiger partial charge in [0.25, 0.3) is 0 Å². The lowest BCUT2D eigenvalue weighted by Gasteiger charge is -2.08. The molecule has 0 aliphatic carbocycles. The number of aromatic carboxylic acids is 1. The summed E-state index contributed by atoms with van der Waals surface area (Å²) in [5, 5.41) is 20.0. The summed E-state index contributed by atoms with van der Waals surface area (Å²) in [6.45, 7) is 1.61. The molecular weight excluding hydrogens is 230 g/mol. The lowest BCUT2D eigenvalue weighted by atomic mass is 10.1. The standard InChI is InChI=1S/C10H11NO4S/c1-6(16)11-9-3-7(5-15-14)2-8(4-9)10(12)13/h2-4,14H,5H2,1H3,(H,11,16)(H,12,13). The van der Waals surface area contributed by atoms with E-state index in [0.717, 1.165) is 0 Å². The minimum atomic E-state index is -1.05. The molecule has 6 heteroatoms. The van der Waals surface area contributed by atoms with Gasteiger partial charge in [0.1, 0.15) is 6.61 Å². The molecule has 0 heterocycles. The minimum absolute atomic E-state index is 0.0771. The summed E-state index contributed by atoms with van der Waals surface area (Å²) >= 11 is 4.86. The largest absolute Gasteiger partial charge is 0.478 e. The Hall–Kier alpha value is -1.50. The van der Waals surface area contributed by atoms with Gasteiger partial charge in [-0.3, -0.25) is 5.26 Å². The van der Waals surface area contributed by atoms with Gasteiger partial charge in [-0.05, 0) is 30.7 Å². The van der Waals surface area contributed by atoms with E-state index in [1.165, 1.54) is 12.1 Å². The number of rotatable bonds is 4. The quantitative estimate of drug-likeness (QED) is 0.426. The number of anilines is 1. The fourth-order valence-electron chi connectivity index (χ4n) is 1.25. The van der Waals surface area contributed by atoms with E-state index in [1.807, 2.05) is 0 Å². The fourth-order valence-corrected chi connectivity index (χ4v) is 1.37. The van der Waals surface area contributed by atoms with Crippen LogP contribution in [0.4, 0.5) is 5.69 Å². The third kappa shape index (κ3) is 3.58. The van der Waals surface area contributed by atoms with Crippen LogP contribution in [0.2, 0.25) is 0 Å². The zero-order chi connectivity index (χ0) is 12.1. The van der Waals surface area contributed by atoms with Crippen molar-refractivity contribution in [1.82, 2.24) is 0 Å². The van der Waals surface area contributed by atoms with E-state index < -0.39 is 5.97 Å². The number of carboxylic acid groups (broad SMARTS) is 1. The molecule has 0 atom stereocenters. The second-order valence-corrected chi connectivity index (χ2v) is 3.79. The molecule has 0 aliphatic heterocycles. The molecule has 0 unspecified atom stereocenters. The van der Waals surface area contributed by atoms with E-state index in [1.54, 1.807) is 13.0 Å². The molecule has 5 nitrogen and oxygen atoms in total. The highest BCUT2D eigenvalue weighted by Gasteiger charge is 2.07. The van der Waals surface area contributed by atoms with Gasteiger partial charge < -0.3 is 10.4 Å². The average Bonchev–Trinajstić information content (AvgIpc) is 2.16. The van der Waals surface area contributed by atoms with Crippen LogP contribution in [-0.4, -0.2) is 21.3 Å². The maximum Gasteiger partial charge on any atom is 0.335 e. The highest BCUT2D eigenvalue weighted by atomic mass is 32.1. The molecule has 0 aromatic heterocycles. The maximum atomic E-state index is 10.8. The summed E-state index contributed by atoms with van der Waals surface area (Å²) in [5.74, 6) is -1.05. The van der Waals surface area contributed by atoms with E-state index in [2.05, 4.69) is 10.2 Å². The predicted octanol–water partition coefficient (Wildman–Crippen LogP) is 2.13. The summed E-state index contributed by atoms with van der Waals surface area (Å²) in [5.41, 5.74) is 1.20. The van der Waals surface area contributed by atoms with Gasteiger partial charge >= 0.3 is 5.97 Å². The van der Waals surface area contributed by atoms with E-state index in [0.29, 0.717) is 16.2 Å². The Morgan fingerprint density at radius 1 is 1.50 bits per heavy atom. The lowest BCUT2D eigenvalue weighted by molar-refractivity contribution is -0.253. The third-order valence-electron chi connectivity index (χ3n) is 1.79. The molecule has 0 amide bonds. The van der Waals surface area contributed by atoms with Crippen molar-refractivity contribution in [1.29, 1.82) is 0 Å². The Kier molecular flexibility index (Phi) is 4.36. The van der Waals surface area contributed by atoms with Crippen LogP contribution in [0.1, 0.15) is 22.8 Å². The molecule has 0 bridgehead atoms. The van der Waals surface area contributed by atoms with Crippen LogP contribution in [0.15, 0.2) is 18.2 Å². The molecule has 1 aromatic carbocycles. The van der Waals surface area contributed by atoms with Gasteiger partial charge in [-0.1, -0.05) is 12.2 Å². The summed E-state index contributed by atoms with van der Waals surface area (Å²) < 4.78 is 0. The van der Waals surface area contributed by atoms with Crippen molar-refractivity contribution in [2.24, 2.45) is 0 Å². The smallest absolute Gasteiger partial charge is 0.335 e. The van der Waals surface area contributed by atoms with Gasteiger partial charge in [-0.2, -0.15) is 0 Å². The Balaban J connectivity index is 3.07. The van der Waals surface area contributed by atoms with Crippen molar-refractivity contribution < 1.29 is 20.0 Å². The first-order valence-electron chi connectivity index (χ1n) is 4.44. The van der Waals surface area contributed by atoms with E-state index in [9.17, 15) is 4.79 Å². The molecule has 1 aromatic rings. The van der Waals surface area contributed by atoms with Crippen LogP contribution in [0.5, 0.6) is 0 Å². The highest BCUT2D eigenvalue weighted by Crippen LogP contribution is 2.16. The van der Waals surface area contributed by atoms with Gasteiger partial charge in [0.15, 0.2) is 0 Å². The molecule has 1 rings (SSSR count). The molecule has 0 saturated heterocycles. The molecule has 16 heavy (non-hydrogen) atoms. The second kappa shape index (κ2) is 5.55. The van der Waals surface area contributed by atoms with Crippen LogP contribution >= 0.6 is 12.2 Å². The van der Waals surface area contributed by atoms with Gasteiger partial charge in [-0.25, -0.2) is 9.68 Å². The Labute approximate surface area is 97.6 Å². The van der Waals surface area contributed by atoms with Gasteiger partial charge in [0.05, 0.1) is 10.6 Å². The van der Waals surface area contributed by atoms with E-state index in [-0.39, 0.29) is 12.2 Å². The Bertz CT molecular complexity index is 419. The van der Waals surface area contributed by atoms with E-state index >= 15 is 0 Å². The van der Waals surface area contributed by atoms with Crippen LogP contribution in [0.3, 0.4) is 0 Å². The zero-order valence-electron chi connectivity index (χ0n) is 8.56. The van der Waals surface area contributed by atoms with E-state index in [4.69, 9.17) is 22.6 Å². The van der Waals surface area contributed by atoms with Gasteiger partial charge in [0.2, 0.25) is 0 Å². The van der Waals surface area contributed by atoms with Crippen molar-refractivity contribution in [2.45, 2.75) is 13.5 Å². The molecule has 0 fully saturated rings. The first kappa shape index (κ1) is 12.6. The minimum Gasteiger partial charge on any atom is -0.478 e. The number of hydrogen-bond donors (Lipinski definition) is 3. The number of nitrogens with one attached hydrogen (secondary N) is 1. The number of hydrogen-bond acceptors (Lipinski definition) is 4. The predicted molar refractivity (Wildman–Crippen MR) is 62.7 cm³/mol. The summed E-state index contributed by atoms with van der Waals surface area (Å²) in [6, 6.07) is 4.53. The van der Waals surface area contributed by atoms with Gasteiger partial charge in [-0.15, -0.1) is 0 Å². The zero-order valence-corrected chi connectivity index (χ0v) is 9.37. The van der Waals surface area contributed by atoms with Crippen molar-refractivity contribution in [3.8, 4) is 0 Å². The Morgan fingerprint density at radius 2 is 2.19 bits per heavy atom. The van der Waals surface area contributed by atoms with Crippen LogP contribution in [0, 0.1) is 0 Å². The summed E-state index contributed by atoms with van der Waals surface area (Å²) in [4.78, 5) is 15.3. The monoisotopic (exact) mass is 241 g/mol. The van der Waals surface area contributed by atoms with Crippen molar-refractivity contribution in [3.63, 3.8) is 0 Å². The number of carbonyl (C=O) groups is 1. The summed E-state index contributed by atoms with van der Waals surface area (Å²) in [6.07, 6.45) is 0. The van der Waals surface area contributed by atoms with Crippen molar-refractivity contribution in [2.75, 3.05) is 5.32 Å². The number of benzene rings is 1. The SMILES string of the molecule is CC(=S)Nc1cc(COO)cc(C(=O)O)c1. The average molecular weight is 241 g/mol. The topological polar surface area (TPSA) is 78.8 Å². The number of carboxylic acids is 1. The molecule has 3 N–H and O–H groups in total. The first-order chi connectivity index (χ1) is 7.52.